The number of hydrogen-bond acceptors (Lipinski definition) is 8. The van der Waals surface area contributed by atoms with E-state index in [-0.39, 0.29) is 6.54 Å². The van der Waals surface area contributed by atoms with Gasteiger partial charge in [0, 0.05) is 29.8 Å². The normalized spacial score (nSPS) is 31.2. The van der Waals surface area contributed by atoms with Gasteiger partial charge < -0.3 is 34.9 Å². The van der Waals surface area contributed by atoms with Gasteiger partial charge in [-0.1, -0.05) is 0 Å². The Labute approximate surface area is 130 Å². The fourth-order valence-corrected chi connectivity index (χ4v) is 2.49. The molecule has 0 aliphatic carbocycles. The van der Waals surface area contributed by atoms with E-state index in [4.69, 9.17) is 9.15 Å². The van der Waals surface area contributed by atoms with Gasteiger partial charge in [0.05, 0.1) is 0 Å². The quantitative estimate of drug-likeness (QED) is 0.455. The van der Waals surface area contributed by atoms with Gasteiger partial charge in [-0.3, -0.25) is 0 Å². The second kappa shape index (κ2) is 6.26. The Hall–Kier alpha value is -1.97. The Kier molecular flexibility index (Phi) is 4.33. The van der Waals surface area contributed by atoms with Crippen LogP contribution in [0.15, 0.2) is 39.5 Å². The summed E-state index contributed by atoms with van der Waals surface area (Å²) in [5.41, 5.74) is 0.557. The zero-order valence-electron chi connectivity index (χ0n) is 12.0. The molecule has 1 saturated heterocycles. The van der Waals surface area contributed by atoms with Crippen LogP contribution in [0.25, 0.3) is 11.0 Å². The van der Waals surface area contributed by atoms with Crippen LogP contribution in [0, 0.1) is 0 Å². The van der Waals surface area contributed by atoms with Crippen molar-refractivity contribution in [3.8, 4) is 0 Å². The molecule has 2 heterocycles. The Balaban J connectivity index is 1.71. The lowest BCUT2D eigenvalue weighted by molar-refractivity contribution is -0.278. The number of nitrogens with one attached hydrogen (secondary N) is 1. The molecule has 2 aromatic rings. The molecule has 5 atom stereocenters. The van der Waals surface area contributed by atoms with Gasteiger partial charge in [0.25, 0.3) is 0 Å². The van der Waals surface area contributed by atoms with Crippen molar-refractivity contribution in [2.45, 2.75) is 30.7 Å². The molecular formula is C15H17NO7. The van der Waals surface area contributed by atoms with Gasteiger partial charge in [-0.25, -0.2) is 4.79 Å². The zero-order chi connectivity index (χ0) is 16.6. The minimum atomic E-state index is -1.57. The van der Waals surface area contributed by atoms with E-state index in [9.17, 15) is 25.2 Å². The molecule has 1 fully saturated rings. The third kappa shape index (κ3) is 3.21. The predicted molar refractivity (Wildman–Crippen MR) is 79.9 cm³/mol. The van der Waals surface area contributed by atoms with E-state index in [1.807, 2.05) is 0 Å². The number of benzene rings is 1. The maximum Gasteiger partial charge on any atom is 0.336 e. The van der Waals surface area contributed by atoms with Crippen molar-refractivity contribution in [1.29, 1.82) is 0 Å². The molecule has 0 bridgehead atoms. The van der Waals surface area contributed by atoms with Gasteiger partial charge in [0.1, 0.15) is 30.0 Å². The zero-order valence-corrected chi connectivity index (χ0v) is 12.0. The summed E-state index contributed by atoms with van der Waals surface area (Å²) < 4.78 is 10.1. The molecule has 3 unspecified atom stereocenters. The highest BCUT2D eigenvalue weighted by atomic mass is 16.6. The van der Waals surface area contributed by atoms with Gasteiger partial charge >= 0.3 is 5.63 Å². The SMILES string of the molecule is O=c1ccc2ccc(NCC3OC(O)[C@@H](O)C(O)[C@H]3O)cc2o1. The molecule has 3 rings (SSSR count). The number of ether oxygens (including phenoxy) is 1. The number of hydrogen-bond donors (Lipinski definition) is 5. The van der Waals surface area contributed by atoms with Crippen molar-refractivity contribution >= 4 is 16.7 Å². The first-order chi connectivity index (χ1) is 11.0. The average Bonchev–Trinajstić information content (AvgIpc) is 2.54. The van der Waals surface area contributed by atoms with Crippen LogP contribution in [-0.4, -0.2) is 57.7 Å². The first-order valence-corrected chi connectivity index (χ1v) is 7.11. The van der Waals surface area contributed by atoms with E-state index in [1.54, 1.807) is 24.3 Å². The first kappa shape index (κ1) is 15.9. The van der Waals surface area contributed by atoms with Crippen molar-refractivity contribution in [3.05, 3.63) is 40.8 Å². The molecule has 5 N–H and O–H groups in total. The first-order valence-electron chi connectivity index (χ1n) is 7.11. The van der Waals surface area contributed by atoms with Crippen molar-refractivity contribution < 1.29 is 29.6 Å². The van der Waals surface area contributed by atoms with E-state index in [2.05, 4.69) is 5.32 Å². The molecule has 0 radical (unpaired) electrons. The molecule has 0 saturated carbocycles. The monoisotopic (exact) mass is 323 g/mol. The number of anilines is 1. The second-order valence-corrected chi connectivity index (χ2v) is 5.42. The fraction of sp³-hybridized carbons (Fsp3) is 0.400. The minimum absolute atomic E-state index is 0.0740. The summed E-state index contributed by atoms with van der Waals surface area (Å²) in [4.78, 5) is 11.2. The largest absolute Gasteiger partial charge is 0.423 e. The summed E-state index contributed by atoms with van der Waals surface area (Å²) in [5, 5.41) is 42.1. The third-order valence-electron chi connectivity index (χ3n) is 3.82. The summed E-state index contributed by atoms with van der Waals surface area (Å²) in [5.74, 6) is 0. The van der Waals surface area contributed by atoms with E-state index < -0.39 is 36.3 Å². The highest BCUT2D eigenvalue weighted by Crippen LogP contribution is 2.22. The van der Waals surface area contributed by atoms with Gasteiger partial charge in [-0.2, -0.15) is 0 Å². The summed E-state index contributed by atoms with van der Waals surface area (Å²) in [6.45, 7) is 0.0740. The molecule has 1 aliphatic rings. The molecule has 8 heteroatoms. The summed E-state index contributed by atoms with van der Waals surface area (Å²) in [6.07, 6.45) is -6.90. The Morgan fingerprint density at radius 2 is 1.74 bits per heavy atom. The predicted octanol–water partition coefficient (Wildman–Crippen LogP) is -0.995. The molecule has 8 nitrogen and oxygen atoms in total. The maximum atomic E-state index is 11.2. The topological polar surface area (TPSA) is 132 Å². The van der Waals surface area contributed by atoms with Crippen LogP contribution < -0.4 is 10.9 Å². The standard InChI is InChI=1S/C15H17NO7/c17-11-4-2-7-1-3-8(5-9(7)22-11)16-6-10-12(18)13(19)14(20)15(21)23-10/h1-5,10,12-16,18-21H,6H2/t10?,12-,13?,14-,15?/m0/s1. The third-order valence-corrected chi connectivity index (χ3v) is 3.82. The van der Waals surface area contributed by atoms with Crippen LogP contribution in [0.5, 0.6) is 0 Å². The van der Waals surface area contributed by atoms with E-state index in [0.717, 1.165) is 5.39 Å². The van der Waals surface area contributed by atoms with Crippen molar-refractivity contribution in [2.75, 3.05) is 11.9 Å². The van der Waals surface area contributed by atoms with Gasteiger partial charge in [0.2, 0.25) is 0 Å². The van der Waals surface area contributed by atoms with E-state index in [1.165, 1.54) is 6.07 Å². The Morgan fingerprint density at radius 1 is 1.00 bits per heavy atom. The van der Waals surface area contributed by atoms with E-state index in [0.29, 0.717) is 11.3 Å². The molecule has 1 aromatic heterocycles. The summed E-state index contributed by atoms with van der Waals surface area (Å²) >= 11 is 0. The maximum absolute atomic E-state index is 11.2. The highest BCUT2D eigenvalue weighted by Gasteiger charge is 2.42. The number of fused-ring (bicyclic) bond motifs is 1. The smallest absolute Gasteiger partial charge is 0.336 e. The van der Waals surface area contributed by atoms with Crippen LogP contribution in [0.2, 0.25) is 0 Å². The lowest BCUT2D eigenvalue weighted by atomic mass is 9.99. The number of aliphatic hydroxyl groups is 4. The van der Waals surface area contributed by atoms with Crippen LogP contribution >= 0.6 is 0 Å². The second-order valence-electron chi connectivity index (χ2n) is 5.42. The summed E-state index contributed by atoms with van der Waals surface area (Å²) in [6, 6.07) is 8.10. The minimum Gasteiger partial charge on any atom is -0.423 e. The lowest BCUT2D eigenvalue weighted by Gasteiger charge is -2.38. The number of rotatable bonds is 3. The fourth-order valence-electron chi connectivity index (χ4n) is 2.49. The summed E-state index contributed by atoms with van der Waals surface area (Å²) in [7, 11) is 0. The van der Waals surface area contributed by atoms with Crippen LogP contribution in [0.1, 0.15) is 0 Å². The molecule has 1 aromatic carbocycles. The molecular weight excluding hydrogens is 306 g/mol. The van der Waals surface area contributed by atoms with Gasteiger partial charge in [-0.05, 0) is 18.2 Å². The van der Waals surface area contributed by atoms with Crippen LogP contribution in [0.3, 0.4) is 0 Å². The molecule has 1 aliphatic heterocycles. The lowest BCUT2D eigenvalue weighted by Crippen LogP contribution is -2.59. The molecule has 0 amide bonds. The Morgan fingerprint density at radius 3 is 2.52 bits per heavy atom. The average molecular weight is 323 g/mol. The molecule has 0 spiro atoms. The van der Waals surface area contributed by atoms with Crippen molar-refractivity contribution in [3.63, 3.8) is 0 Å². The van der Waals surface area contributed by atoms with Crippen molar-refractivity contribution in [1.82, 2.24) is 0 Å². The van der Waals surface area contributed by atoms with E-state index >= 15 is 0 Å². The van der Waals surface area contributed by atoms with Crippen LogP contribution in [0.4, 0.5) is 5.69 Å². The Bertz CT molecular complexity index is 746. The number of aliphatic hydroxyl groups excluding tert-OH is 4. The van der Waals surface area contributed by atoms with Gasteiger partial charge in [-0.15, -0.1) is 0 Å². The molecule has 124 valence electrons. The van der Waals surface area contributed by atoms with Crippen molar-refractivity contribution in [2.24, 2.45) is 0 Å². The van der Waals surface area contributed by atoms with Gasteiger partial charge in [0.15, 0.2) is 6.29 Å². The van der Waals surface area contributed by atoms with Crippen LogP contribution in [-0.2, 0) is 4.74 Å². The highest BCUT2D eigenvalue weighted by molar-refractivity contribution is 5.80. The molecule has 23 heavy (non-hydrogen) atoms.